The Labute approximate surface area is 99.9 Å². The molecule has 5 heteroatoms. The number of nitrogen functional groups attached to an aromatic ring is 1. The summed E-state index contributed by atoms with van der Waals surface area (Å²) in [7, 11) is 0. The molecule has 0 spiro atoms. The molecule has 0 saturated carbocycles. The summed E-state index contributed by atoms with van der Waals surface area (Å²) >= 11 is 1.77. The second-order valence-corrected chi connectivity index (χ2v) is 6.40. The van der Waals surface area contributed by atoms with Gasteiger partial charge in [-0.05, 0) is 13.0 Å². The van der Waals surface area contributed by atoms with Crippen molar-refractivity contribution in [1.82, 2.24) is 5.43 Å². The Bertz CT molecular complexity index is 380. The molecule has 0 aromatic carbocycles. The Kier molecular flexibility index (Phi) is 4.04. The summed E-state index contributed by atoms with van der Waals surface area (Å²) in [6, 6.07) is 1.88. The molecule has 0 atom stereocenters. The smallest absolute Gasteiger partial charge is 0.301 e. The van der Waals surface area contributed by atoms with Crippen LogP contribution in [0.4, 0.5) is 0 Å². The van der Waals surface area contributed by atoms with Crippen LogP contribution in [0.1, 0.15) is 42.6 Å². The average Bonchev–Trinajstić information content (AvgIpc) is 2.55. The molecule has 0 fully saturated rings. The standard InChI is InChI=1S/C11H18N2O2S/c1-7-5-8(6-16-11(2,3)4)15-9(7)10(14)13-12/h5H,6,12H2,1-4H3,(H,13,14). The number of hydrogen-bond donors (Lipinski definition) is 2. The number of aryl methyl sites for hydroxylation is 1. The monoisotopic (exact) mass is 242 g/mol. The highest BCUT2D eigenvalue weighted by atomic mass is 32.2. The molecule has 90 valence electrons. The second kappa shape index (κ2) is 4.93. The molecule has 0 aliphatic rings. The van der Waals surface area contributed by atoms with Crippen molar-refractivity contribution in [2.45, 2.75) is 38.2 Å². The Morgan fingerprint density at radius 1 is 1.56 bits per heavy atom. The first-order valence-electron chi connectivity index (χ1n) is 5.07. The van der Waals surface area contributed by atoms with Crippen LogP contribution in [-0.4, -0.2) is 10.7 Å². The van der Waals surface area contributed by atoms with Gasteiger partial charge >= 0.3 is 5.91 Å². The number of carbonyl (C=O) groups is 1. The van der Waals surface area contributed by atoms with E-state index in [1.165, 1.54) is 0 Å². The van der Waals surface area contributed by atoms with Crippen molar-refractivity contribution >= 4 is 17.7 Å². The van der Waals surface area contributed by atoms with Crippen LogP contribution in [-0.2, 0) is 5.75 Å². The van der Waals surface area contributed by atoms with Gasteiger partial charge in [0.25, 0.3) is 0 Å². The van der Waals surface area contributed by atoms with Crippen molar-refractivity contribution in [3.8, 4) is 0 Å². The van der Waals surface area contributed by atoms with Crippen molar-refractivity contribution in [1.29, 1.82) is 0 Å². The van der Waals surface area contributed by atoms with Crippen LogP contribution in [0, 0.1) is 6.92 Å². The number of thioether (sulfide) groups is 1. The van der Waals surface area contributed by atoms with Gasteiger partial charge in [-0.3, -0.25) is 10.2 Å². The summed E-state index contributed by atoms with van der Waals surface area (Å²) < 4.78 is 5.63. The lowest BCUT2D eigenvalue weighted by Crippen LogP contribution is -2.30. The Hall–Kier alpha value is -0.940. The summed E-state index contributed by atoms with van der Waals surface area (Å²) in [5, 5.41) is 0. The normalized spacial score (nSPS) is 11.6. The van der Waals surface area contributed by atoms with E-state index in [1.807, 2.05) is 13.0 Å². The lowest BCUT2D eigenvalue weighted by Gasteiger charge is -2.16. The zero-order chi connectivity index (χ0) is 12.3. The maximum atomic E-state index is 11.3. The van der Waals surface area contributed by atoms with Gasteiger partial charge in [0.05, 0.1) is 5.75 Å². The van der Waals surface area contributed by atoms with Gasteiger partial charge in [0.2, 0.25) is 0 Å². The average molecular weight is 242 g/mol. The van der Waals surface area contributed by atoms with Crippen LogP contribution in [0.3, 0.4) is 0 Å². The first kappa shape index (κ1) is 13.1. The number of nitrogens with two attached hydrogens (primary N) is 1. The fourth-order valence-corrected chi connectivity index (χ4v) is 1.92. The molecule has 0 unspecified atom stereocenters. The minimum absolute atomic E-state index is 0.178. The third-order valence-electron chi connectivity index (χ3n) is 1.95. The minimum atomic E-state index is -0.385. The molecular formula is C11H18N2O2S. The van der Waals surface area contributed by atoms with E-state index < -0.39 is 0 Å². The Morgan fingerprint density at radius 3 is 2.69 bits per heavy atom. The molecule has 1 rings (SSSR count). The fourth-order valence-electron chi connectivity index (χ4n) is 1.20. The molecule has 0 bridgehead atoms. The predicted molar refractivity (Wildman–Crippen MR) is 66.1 cm³/mol. The largest absolute Gasteiger partial charge is 0.455 e. The van der Waals surface area contributed by atoms with Crippen LogP contribution < -0.4 is 11.3 Å². The van der Waals surface area contributed by atoms with E-state index in [4.69, 9.17) is 10.3 Å². The molecule has 1 heterocycles. The molecule has 1 aromatic heterocycles. The van der Waals surface area contributed by atoms with Crippen LogP contribution in [0.15, 0.2) is 10.5 Å². The van der Waals surface area contributed by atoms with Gasteiger partial charge < -0.3 is 4.42 Å². The molecule has 0 saturated heterocycles. The maximum Gasteiger partial charge on any atom is 0.301 e. The van der Waals surface area contributed by atoms with Crippen molar-refractivity contribution in [2.24, 2.45) is 5.84 Å². The molecular weight excluding hydrogens is 224 g/mol. The predicted octanol–water partition coefficient (Wildman–Crippen LogP) is 2.22. The van der Waals surface area contributed by atoms with Crippen molar-refractivity contribution < 1.29 is 9.21 Å². The molecule has 3 N–H and O–H groups in total. The molecule has 0 radical (unpaired) electrons. The van der Waals surface area contributed by atoms with E-state index >= 15 is 0 Å². The number of furan rings is 1. The Balaban J connectivity index is 2.74. The van der Waals surface area contributed by atoms with Gasteiger partial charge in [-0.15, -0.1) is 11.8 Å². The van der Waals surface area contributed by atoms with Gasteiger partial charge in [-0.2, -0.15) is 0 Å². The summed E-state index contributed by atoms with van der Waals surface area (Å²) in [4.78, 5) is 11.3. The van der Waals surface area contributed by atoms with Gasteiger partial charge in [0, 0.05) is 10.3 Å². The van der Waals surface area contributed by atoms with E-state index in [9.17, 15) is 4.79 Å². The molecule has 1 aromatic rings. The molecule has 4 nitrogen and oxygen atoms in total. The summed E-state index contributed by atoms with van der Waals surface area (Å²) in [6.07, 6.45) is 0. The van der Waals surface area contributed by atoms with Gasteiger partial charge in [-0.1, -0.05) is 20.8 Å². The first-order valence-corrected chi connectivity index (χ1v) is 6.06. The highest BCUT2D eigenvalue weighted by Crippen LogP contribution is 2.28. The van der Waals surface area contributed by atoms with Crippen molar-refractivity contribution in [2.75, 3.05) is 0 Å². The third kappa shape index (κ3) is 3.57. The van der Waals surface area contributed by atoms with Crippen LogP contribution in [0.2, 0.25) is 0 Å². The quantitative estimate of drug-likeness (QED) is 0.484. The SMILES string of the molecule is Cc1cc(CSC(C)(C)C)oc1C(=O)NN. The van der Waals surface area contributed by atoms with Gasteiger partial charge in [-0.25, -0.2) is 5.84 Å². The summed E-state index contributed by atoms with van der Waals surface area (Å²) in [5.41, 5.74) is 2.88. The van der Waals surface area contributed by atoms with Crippen LogP contribution in [0.5, 0.6) is 0 Å². The zero-order valence-corrected chi connectivity index (χ0v) is 10.9. The number of hydrazine groups is 1. The van der Waals surface area contributed by atoms with E-state index in [-0.39, 0.29) is 10.7 Å². The van der Waals surface area contributed by atoms with Crippen LogP contribution >= 0.6 is 11.8 Å². The first-order chi connectivity index (χ1) is 7.33. The topological polar surface area (TPSA) is 68.3 Å². The molecule has 16 heavy (non-hydrogen) atoms. The second-order valence-electron chi connectivity index (χ2n) is 4.60. The Morgan fingerprint density at radius 2 is 2.19 bits per heavy atom. The highest BCUT2D eigenvalue weighted by molar-refractivity contribution is 7.99. The third-order valence-corrected chi connectivity index (χ3v) is 3.25. The fraction of sp³-hybridized carbons (Fsp3) is 0.545. The van der Waals surface area contributed by atoms with Gasteiger partial charge in [0.15, 0.2) is 5.76 Å². The number of amides is 1. The van der Waals surface area contributed by atoms with E-state index in [0.29, 0.717) is 5.76 Å². The van der Waals surface area contributed by atoms with Crippen molar-refractivity contribution in [3.63, 3.8) is 0 Å². The molecule has 1 amide bonds. The van der Waals surface area contributed by atoms with E-state index in [0.717, 1.165) is 17.1 Å². The molecule has 0 aliphatic carbocycles. The lowest BCUT2D eigenvalue weighted by atomic mass is 10.2. The number of rotatable bonds is 3. The number of hydrogen-bond acceptors (Lipinski definition) is 4. The molecule has 0 aliphatic heterocycles. The highest BCUT2D eigenvalue weighted by Gasteiger charge is 2.17. The van der Waals surface area contributed by atoms with Crippen molar-refractivity contribution in [3.05, 3.63) is 23.2 Å². The summed E-state index contributed by atoms with van der Waals surface area (Å²) in [5.74, 6) is 6.53. The zero-order valence-electron chi connectivity index (χ0n) is 10.1. The van der Waals surface area contributed by atoms with Gasteiger partial charge in [0.1, 0.15) is 5.76 Å². The summed E-state index contributed by atoms with van der Waals surface area (Å²) in [6.45, 7) is 8.25. The van der Waals surface area contributed by atoms with E-state index in [2.05, 4.69) is 26.2 Å². The number of carbonyl (C=O) groups excluding carboxylic acids is 1. The van der Waals surface area contributed by atoms with E-state index in [1.54, 1.807) is 11.8 Å². The maximum absolute atomic E-state index is 11.3. The lowest BCUT2D eigenvalue weighted by molar-refractivity contribution is 0.0923. The number of nitrogens with one attached hydrogen (secondary N) is 1. The van der Waals surface area contributed by atoms with Crippen LogP contribution in [0.25, 0.3) is 0 Å². The minimum Gasteiger partial charge on any atom is -0.455 e.